The van der Waals surface area contributed by atoms with Crippen molar-refractivity contribution >= 4 is 0 Å². The molecular weight excluding hydrogens is 110 g/mol. The van der Waals surface area contributed by atoms with Crippen LogP contribution >= 0.6 is 0 Å². The molecule has 0 N–H and O–H groups in total. The summed E-state index contributed by atoms with van der Waals surface area (Å²) >= 11 is 0. The van der Waals surface area contributed by atoms with Gasteiger partial charge in [-0.05, 0) is 6.42 Å². The maximum absolute atomic E-state index is 11.4. The van der Waals surface area contributed by atoms with Gasteiger partial charge < -0.3 is 0 Å². The molecule has 0 saturated carbocycles. The maximum atomic E-state index is 11.4. The third kappa shape index (κ3) is 5.86. The normalized spacial score (nSPS) is 10.5. The van der Waals surface area contributed by atoms with Gasteiger partial charge in [0.2, 0.25) is 6.43 Å². The van der Waals surface area contributed by atoms with Crippen LogP contribution in [0.1, 0.15) is 32.6 Å². The van der Waals surface area contributed by atoms with Gasteiger partial charge in [0.05, 0.1) is 0 Å². The first-order valence-electron chi connectivity index (χ1n) is 3.05. The van der Waals surface area contributed by atoms with Crippen LogP contribution in [0.3, 0.4) is 0 Å². The molecule has 0 aromatic carbocycles. The zero-order chi connectivity index (χ0) is 6.41. The second-order valence-corrected chi connectivity index (χ2v) is 1.89. The summed E-state index contributed by atoms with van der Waals surface area (Å²) in [5, 5.41) is 0. The van der Waals surface area contributed by atoms with Crippen LogP contribution in [0.2, 0.25) is 0 Å². The van der Waals surface area contributed by atoms with E-state index in [0.717, 1.165) is 12.8 Å². The Morgan fingerprint density at radius 1 is 1.25 bits per heavy atom. The monoisotopic (exact) mass is 122 g/mol. The SMILES string of the molecule is CCCCCC(F)F. The molecule has 0 aliphatic heterocycles. The first-order valence-corrected chi connectivity index (χ1v) is 3.05. The number of hydrogen-bond donors (Lipinski definition) is 0. The van der Waals surface area contributed by atoms with E-state index >= 15 is 0 Å². The summed E-state index contributed by atoms with van der Waals surface area (Å²) in [5.41, 5.74) is 0. The minimum atomic E-state index is -2.10. The van der Waals surface area contributed by atoms with Crippen LogP contribution in [0.4, 0.5) is 8.78 Å². The quantitative estimate of drug-likeness (QED) is 0.503. The molecule has 0 heterocycles. The lowest BCUT2D eigenvalue weighted by Crippen LogP contribution is -1.88. The fourth-order valence-electron chi connectivity index (χ4n) is 0.549. The van der Waals surface area contributed by atoms with Crippen LogP contribution in [0.25, 0.3) is 0 Å². The summed E-state index contributed by atoms with van der Waals surface area (Å²) in [6.07, 6.45) is 0.612. The number of rotatable bonds is 4. The van der Waals surface area contributed by atoms with Crippen LogP contribution in [0.5, 0.6) is 0 Å². The van der Waals surface area contributed by atoms with Crippen molar-refractivity contribution in [3.05, 3.63) is 0 Å². The number of halogens is 2. The molecule has 0 radical (unpaired) electrons. The predicted molar refractivity (Wildman–Crippen MR) is 30.1 cm³/mol. The Kier molecular flexibility index (Phi) is 4.92. The van der Waals surface area contributed by atoms with Gasteiger partial charge in [-0.2, -0.15) is 0 Å². The highest BCUT2D eigenvalue weighted by atomic mass is 19.3. The molecule has 2 heteroatoms. The number of unbranched alkanes of at least 4 members (excludes halogenated alkanes) is 2. The molecule has 0 fully saturated rings. The highest BCUT2D eigenvalue weighted by Crippen LogP contribution is 2.06. The minimum absolute atomic E-state index is 0.0772. The molecule has 0 nitrogen and oxygen atoms in total. The van der Waals surface area contributed by atoms with Crippen molar-refractivity contribution in [3.63, 3.8) is 0 Å². The molecule has 0 rings (SSSR count). The molecule has 0 aliphatic carbocycles. The van der Waals surface area contributed by atoms with Gasteiger partial charge in [0.25, 0.3) is 0 Å². The topological polar surface area (TPSA) is 0 Å². The first-order chi connectivity index (χ1) is 3.77. The van der Waals surface area contributed by atoms with Crippen LogP contribution in [-0.2, 0) is 0 Å². The van der Waals surface area contributed by atoms with E-state index in [2.05, 4.69) is 0 Å². The van der Waals surface area contributed by atoms with Crippen molar-refractivity contribution < 1.29 is 8.78 Å². The van der Waals surface area contributed by atoms with E-state index in [9.17, 15) is 8.78 Å². The molecule has 50 valence electrons. The van der Waals surface area contributed by atoms with Crippen LogP contribution in [-0.4, -0.2) is 6.43 Å². The molecule has 0 aliphatic rings. The van der Waals surface area contributed by atoms with Gasteiger partial charge in [-0.1, -0.05) is 19.8 Å². The number of hydrogen-bond acceptors (Lipinski definition) is 0. The first kappa shape index (κ1) is 7.86. The molecule has 0 aromatic heterocycles. The van der Waals surface area contributed by atoms with Crippen molar-refractivity contribution in [2.45, 2.75) is 39.0 Å². The van der Waals surface area contributed by atoms with E-state index in [1.165, 1.54) is 0 Å². The molecule has 0 aromatic rings. The van der Waals surface area contributed by atoms with Crippen molar-refractivity contribution in [1.82, 2.24) is 0 Å². The molecule has 8 heavy (non-hydrogen) atoms. The van der Waals surface area contributed by atoms with Gasteiger partial charge in [0.15, 0.2) is 0 Å². The zero-order valence-corrected chi connectivity index (χ0v) is 5.16. The second kappa shape index (κ2) is 5.01. The lowest BCUT2D eigenvalue weighted by atomic mass is 10.2. The molecule has 0 spiro atoms. The third-order valence-corrected chi connectivity index (χ3v) is 1.03. The van der Waals surface area contributed by atoms with E-state index in [4.69, 9.17) is 0 Å². The largest absolute Gasteiger partial charge is 0.238 e. The van der Waals surface area contributed by atoms with E-state index in [0.29, 0.717) is 6.42 Å². The molecule has 0 amide bonds. The Morgan fingerprint density at radius 2 is 1.88 bits per heavy atom. The fourth-order valence-corrected chi connectivity index (χ4v) is 0.549. The minimum Gasteiger partial charge on any atom is -0.211 e. The van der Waals surface area contributed by atoms with Crippen LogP contribution < -0.4 is 0 Å². The van der Waals surface area contributed by atoms with Gasteiger partial charge in [0.1, 0.15) is 0 Å². The Balaban J connectivity index is 2.72. The second-order valence-electron chi connectivity index (χ2n) is 1.89. The van der Waals surface area contributed by atoms with Gasteiger partial charge in [-0.3, -0.25) is 0 Å². The smallest absolute Gasteiger partial charge is 0.211 e. The van der Waals surface area contributed by atoms with Gasteiger partial charge >= 0.3 is 0 Å². The third-order valence-electron chi connectivity index (χ3n) is 1.03. The molecule has 0 saturated heterocycles. The lowest BCUT2D eigenvalue weighted by molar-refractivity contribution is 0.134. The van der Waals surface area contributed by atoms with Crippen LogP contribution in [0, 0.1) is 0 Å². The van der Waals surface area contributed by atoms with E-state index in [1.807, 2.05) is 6.92 Å². The van der Waals surface area contributed by atoms with Crippen molar-refractivity contribution in [2.75, 3.05) is 0 Å². The number of alkyl halides is 2. The molecular formula is C6H12F2. The fraction of sp³-hybridized carbons (Fsp3) is 1.00. The highest BCUT2D eigenvalue weighted by molar-refractivity contribution is 4.41. The summed E-state index contributed by atoms with van der Waals surface area (Å²) in [5.74, 6) is 0. The predicted octanol–water partition coefficient (Wildman–Crippen LogP) is 2.83. The lowest BCUT2D eigenvalue weighted by Gasteiger charge is -1.94. The summed E-state index contributed by atoms with van der Waals surface area (Å²) in [6.45, 7) is 2.01. The highest BCUT2D eigenvalue weighted by Gasteiger charge is 1.98. The summed E-state index contributed by atoms with van der Waals surface area (Å²) in [6, 6.07) is 0. The van der Waals surface area contributed by atoms with E-state index in [1.54, 1.807) is 0 Å². The van der Waals surface area contributed by atoms with Crippen molar-refractivity contribution in [1.29, 1.82) is 0 Å². The average Bonchev–Trinajstić information content (AvgIpc) is 1.66. The van der Waals surface area contributed by atoms with Crippen molar-refractivity contribution in [2.24, 2.45) is 0 Å². The zero-order valence-electron chi connectivity index (χ0n) is 5.16. The Morgan fingerprint density at radius 3 is 2.25 bits per heavy atom. The Labute approximate surface area is 48.9 Å². The molecule has 0 atom stereocenters. The average molecular weight is 122 g/mol. The van der Waals surface area contributed by atoms with E-state index < -0.39 is 6.43 Å². The Hall–Kier alpha value is -0.140. The Bertz CT molecular complexity index is 43.8. The van der Waals surface area contributed by atoms with E-state index in [-0.39, 0.29) is 6.42 Å². The summed E-state index contributed by atoms with van der Waals surface area (Å²) in [7, 11) is 0. The standard InChI is InChI=1S/C6H12F2/c1-2-3-4-5-6(7)8/h6H,2-5H2,1H3. The van der Waals surface area contributed by atoms with Crippen LogP contribution in [0.15, 0.2) is 0 Å². The molecule has 0 bridgehead atoms. The summed E-state index contributed by atoms with van der Waals surface area (Å²) in [4.78, 5) is 0. The van der Waals surface area contributed by atoms with Crippen molar-refractivity contribution in [3.8, 4) is 0 Å². The van der Waals surface area contributed by atoms with Gasteiger partial charge in [-0.15, -0.1) is 0 Å². The van der Waals surface area contributed by atoms with Gasteiger partial charge in [0, 0.05) is 6.42 Å². The van der Waals surface area contributed by atoms with Gasteiger partial charge in [-0.25, -0.2) is 8.78 Å². The molecule has 0 unspecified atom stereocenters. The summed E-state index contributed by atoms with van der Waals surface area (Å²) < 4.78 is 22.7. The maximum Gasteiger partial charge on any atom is 0.238 e.